The molecular weight excluding hydrogens is 120 g/mol. The van der Waals surface area contributed by atoms with Crippen molar-refractivity contribution in [2.24, 2.45) is 0 Å². The van der Waals surface area contributed by atoms with Crippen molar-refractivity contribution in [3.05, 3.63) is 0 Å². The van der Waals surface area contributed by atoms with E-state index in [1.165, 1.54) is 14.2 Å². The monoisotopic (exact) mass is 136 g/mol. The van der Waals surface area contributed by atoms with Crippen LogP contribution in [0.25, 0.3) is 0 Å². The quantitative estimate of drug-likeness (QED) is 0.587. The topological polar surface area (TPSA) is 38.7 Å². The van der Waals surface area contributed by atoms with Crippen molar-refractivity contribution < 1.29 is 14.6 Å². The van der Waals surface area contributed by atoms with Crippen molar-refractivity contribution in [2.45, 2.75) is 26.7 Å². The van der Waals surface area contributed by atoms with Gasteiger partial charge in [0.15, 0.2) is 0 Å². The summed E-state index contributed by atoms with van der Waals surface area (Å²) < 4.78 is 9.14. The summed E-state index contributed by atoms with van der Waals surface area (Å²) in [6.07, 6.45) is 0.431. The average molecular weight is 136 g/mol. The van der Waals surface area contributed by atoms with Crippen LogP contribution in [-0.4, -0.2) is 25.3 Å². The Morgan fingerprint density at radius 3 is 1.67 bits per heavy atom. The van der Waals surface area contributed by atoms with Crippen molar-refractivity contribution in [1.82, 2.24) is 0 Å². The predicted molar refractivity (Wildman–Crippen MR) is 36.0 cm³/mol. The first-order chi connectivity index (χ1) is 3.68. The van der Waals surface area contributed by atoms with E-state index in [-0.39, 0.29) is 7.43 Å². The highest BCUT2D eigenvalue weighted by Gasteiger charge is 2.21. The van der Waals surface area contributed by atoms with Crippen LogP contribution in [0.1, 0.15) is 20.8 Å². The number of rotatable bonds is 3. The smallest absolute Gasteiger partial charge is 0.279 e. The molecule has 0 aromatic rings. The lowest BCUT2D eigenvalue weighted by atomic mass is 10.4. The predicted octanol–water partition coefficient (Wildman–Crippen LogP) is 0.971. The molecule has 3 heteroatoms. The van der Waals surface area contributed by atoms with E-state index in [2.05, 4.69) is 9.47 Å². The Balaban J connectivity index is 0. The number of methoxy groups -OCH3 is 2. The first kappa shape index (κ1) is 11.6. The van der Waals surface area contributed by atoms with Crippen LogP contribution < -0.4 is 0 Å². The molecule has 0 unspecified atom stereocenters. The third-order valence-electron chi connectivity index (χ3n) is 1.08. The fourth-order valence-corrected chi connectivity index (χ4v) is 0.372. The molecule has 0 aliphatic heterocycles. The Hall–Kier alpha value is -0.120. The van der Waals surface area contributed by atoms with Gasteiger partial charge in [-0.1, -0.05) is 14.4 Å². The number of hydrogen-bond acceptors (Lipinski definition) is 3. The van der Waals surface area contributed by atoms with Crippen molar-refractivity contribution in [3.63, 3.8) is 0 Å². The highest BCUT2D eigenvalue weighted by molar-refractivity contribution is 4.44. The standard InChI is InChI=1S/C5H12O3.CH4/c1-4-5(6,7-2)8-3;/h6H,4H2,1-3H3;1H4. The lowest BCUT2D eigenvalue weighted by Crippen LogP contribution is -2.31. The molecule has 0 bridgehead atoms. The zero-order chi connectivity index (χ0) is 6.62. The second-order valence-electron chi connectivity index (χ2n) is 1.47. The fourth-order valence-electron chi connectivity index (χ4n) is 0.372. The molecule has 0 rings (SSSR count). The molecule has 0 saturated carbocycles. The summed E-state index contributed by atoms with van der Waals surface area (Å²) in [5.41, 5.74) is 0. The van der Waals surface area contributed by atoms with Crippen LogP contribution in [0.3, 0.4) is 0 Å². The molecule has 0 atom stereocenters. The molecule has 0 spiro atoms. The van der Waals surface area contributed by atoms with Gasteiger partial charge in [0.05, 0.1) is 0 Å². The minimum Gasteiger partial charge on any atom is -0.343 e. The Bertz CT molecular complexity index is 51.1. The van der Waals surface area contributed by atoms with E-state index in [9.17, 15) is 0 Å². The largest absolute Gasteiger partial charge is 0.343 e. The van der Waals surface area contributed by atoms with Crippen LogP contribution in [0.15, 0.2) is 0 Å². The van der Waals surface area contributed by atoms with E-state index in [0.29, 0.717) is 6.42 Å². The van der Waals surface area contributed by atoms with Gasteiger partial charge in [-0.15, -0.1) is 0 Å². The van der Waals surface area contributed by atoms with Crippen LogP contribution in [0.4, 0.5) is 0 Å². The van der Waals surface area contributed by atoms with E-state index < -0.39 is 5.97 Å². The summed E-state index contributed by atoms with van der Waals surface area (Å²) in [5, 5.41) is 8.99. The van der Waals surface area contributed by atoms with Crippen molar-refractivity contribution in [2.75, 3.05) is 14.2 Å². The minimum atomic E-state index is -1.38. The van der Waals surface area contributed by atoms with E-state index in [1.54, 1.807) is 6.92 Å². The maximum Gasteiger partial charge on any atom is 0.279 e. The maximum absolute atomic E-state index is 8.99. The molecular formula is C6H16O3. The molecule has 0 aliphatic rings. The van der Waals surface area contributed by atoms with E-state index >= 15 is 0 Å². The van der Waals surface area contributed by atoms with Gasteiger partial charge in [-0.25, -0.2) is 0 Å². The molecule has 3 nitrogen and oxygen atoms in total. The molecule has 0 aromatic carbocycles. The lowest BCUT2D eigenvalue weighted by Gasteiger charge is -2.21. The summed E-state index contributed by atoms with van der Waals surface area (Å²) in [7, 11) is 2.79. The molecule has 1 N–H and O–H groups in total. The van der Waals surface area contributed by atoms with Crippen LogP contribution in [-0.2, 0) is 9.47 Å². The number of aliphatic hydroxyl groups is 1. The highest BCUT2D eigenvalue weighted by atomic mass is 16.8. The Morgan fingerprint density at radius 1 is 1.33 bits per heavy atom. The van der Waals surface area contributed by atoms with Gasteiger partial charge in [-0.3, -0.25) is 0 Å². The summed E-state index contributed by atoms with van der Waals surface area (Å²) in [6.45, 7) is 1.77. The van der Waals surface area contributed by atoms with Gasteiger partial charge < -0.3 is 14.6 Å². The average Bonchev–Trinajstić information content (AvgIpc) is 1.87. The molecule has 58 valence electrons. The number of ether oxygens (including phenoxy) is 2. The van der Waals surface area contributed by atoms with Crippen molar-refractivity contribution in [3.8, 4) is 0 Å². The van der Waals surface area contributed by atoms with Gasteiger partial charge in [-0.2, -0.15) is 0 Å². The Kier molecular flexibility index (Phi) is 6.12. The van der Waals surface area contributed by atoms with Crippen LogP contribution in [0.2, 0.25) is 0 Å². The molecule has 0 aromatic heterocycles. The van der Waals surface area contributed by atoms with Gasteiger partial charge >= 0.3 is 0 Å². The Morgan fingerprint density at radius 2 is 1.67 bits per heavy atom. The zero-order valence-electron chi connectivity index (χ0n) is 5.47. The molecule has 0 heterocycles. The fraction of sp³-hybridized carbons (Fsp3) is 1.00. The van der Waals surface area contributed by atoms with Gasteiger partial charge in [0.25, 0.3) is 5.97 Å². The first-order valence-electron chi connectivity index (χ1n) is 2.51. The zero-order valence-corrected chi connectivity index (χ0v) is 5.47. The van der Waals surface area contributed by atoms with Gasteiger partial charge in [0.2, 0.25) is 0 Å². The summed E-state index contributed by atoms with van der Waals surface area (Å²) in [6, 6.07) is 0. The maximum atomic E-state index is 8.99. The third kappa shape index (κ3) is 3.46. The Labute approximate surface area is 56.6 Å². The summed E-state index contributed by atoms with van der Waals surface area (Å²) in [4.78, 5) is 0. The van der Waals surface area contributed by atoms with E-state index in [0.717, 1.165) is 0 Å². The molecule has 9 heavy (non-hydrogen) atoms. The van der Waals surface area contributed by atoms with Gasteiger partial charge in [0.1, 0.15) is 0 Å². The molecule has 0 fully saturated rings. The molecule has 0 aliphatic carbocycles. The lowest BCUT2D eigenvalue weighted by molar-refractivity contribution is -0.340. The second-order valence-corrected chi connectivity index (χ2v) is 1.47. The SMILES string of the molecule is C.CCC(O)(OC)OC. The highest BCUT2D eigenvalue weighted by Crippen LogP contribution is 2.09. The van der Waals surface area contributed by atoms with E-state index in [1.807, 2.05) is 0 Å². The van der Waals surface area contributed by atoms with Crippen LogP contribution in [0.5, 0.6) is 0 Å². The van der Waals surface area contributed by atoms with Gasteiger partial charge in [0, 0.05) is 20.6 Å². The van der Waals surface area contributed by atoms with Crippen LogP contribution in [0, 0.1) is 0 Å². The van der Waals surface area contributed by atoms with E-state index in [4.69, 9.17) is 5.11 Å². The second kappa shape index (κ2) is 4.73. The van der Waals surface area contributed by atoms with Crippen LogP contribution >= 0.6 is 0 Å². The van der Waals surface area contributed by atoms with Crippen molar-refractivity contribution in [1.29, 1.82) is 0 Å². The molecule has 0 amide bonds. The minimum absolute atomic E-state index is 0. The summed E-state index contributed by atoms with van der Waals surface area (Å²) in [5.74, 6) is -1.38. The normalized spacial score (nSPS) is 10.7. The third-order valence-corrected chi connectivity index (χ3v) is 1.08. The number of hydrogen-bond donors (Lipinski definition) is 1. The summed E-state index contributed by atoms with van der Waals surface area (Å²) >= 11 is 0. The van der Waals surface area contributed by atoms with Gasteiger partial charge in [-0.05, 0) is 0 Å². The molecule has 0 saturated heterocycles. The first-order valence-corrected chi connectivity index (χ1v) is 2.51. The molecule has 0 radical (unpaired) electrons. The van der Waals surface area contributed by atoms with Crippen molar-refractivity contribution >= 4 is 0 Å².